The predicted octanol–water partition coefficient (Wildman–Crippen LogP) is 2.95. The van der Waals surface area contributed by atoms with E-state index in [0.717, 1.165) is 30.8 Å². The van der Waals surface area contributed by atoms with Crippen molar-refractivity contribution in [1.29, 1.82) is 0 Å². The van der Waals surface area contributed by atoms with E-state index in [0.29, 0.717) is 11.8 Å². The summed E-state index contributed by atoms with van der Waals surface area (Å²) in [6.07, 6.45) is 4.46. The summed E-state index contributed by atoms with van der Waals surface area (Å²) in [6, 6.07) is 8.16. The highest BCUT2D eigenvalue weighted by atomic mass is 16.4. The number of hydrogen-bond acceptors (Lipinski definition) is 6. The van der Waals surface area contributed by atoms with E-state index in [4.69, 9.17) is 4.42 Å². The molecule has 0 saturated carbocycles. The molecule has 0 unspecified atom stereocenters. The Morgan fingerprint density at radius 2 is 2.00 bits per heavy atom. The number of aryl methyl sites for hydroxylation is 1. The van der Waals surface area contributed by atoms with Crippen LogP contribution in [0.5, 0.6) is 0 Å². The van der Waals surface area contributed by atoms with Crippen LogP contribution in [0.3, 0.4) is 0 Å². The Bertz CT molecular complexity index is 843. The van der Waals surface area contributed by atoms with Gasteiger partial charge in [0, 0.05) is 24.8 Å². The summed E-state index contributed by atoms with van der Waals surface area (Å²) in [5.74, 6) is 1.21. The first-order valence-corrected chi connectivity index (χ1v) is 8.13. The van der Waals surface area contributed by atoms with Crippen LogP contribution in [0.1, 0.15) is 35.7 Å². The van der Waals surface area contributed by atoms with Crippen molar-refractivity contribution in [3.63, 3.8) is 0 Å². The van der Waals surface area contributed by atoms with Crippen LogP contribution >= 0.6 is 0 Å². The van der Waals surface area contributed by atoms with Crippen LogP contribution in [-0.4, -0.2) is 31.6 Å². The average molecular weight is 321 g/mol. The largest absolute Gasteiger partial charge is 0.419 e. The standard InChI is InChI=1S/C18H19N5O/c1-12-3-5-14(6-4-12)18-22-21-17(24-18)13(2)23-8-7-15-9-19-11-20-16(15)10-23/h3-6,9,11,13H,7-8,10H2,1-2H3/t13-/m0/s1. The smallest absolute Gasteiger partial charge is 0.247 e. The maximum atomic E-state index is 5.92. The van der Waals surface area contributed by atoms with Gasteiger partial charge in [0.1, 0.15) is 6.33 Å². The van der Waals surface area contributed by atoms with Gasteiger partial charge in [-0.2, -0.15) is 0 Å². The molecule has 1 atom stereocenters. The van der Waals surface area contributed by atoms with Gasteiger partial charge in [0.2, 0.25) is 11.8 Å². The van der Waals surface area contributed by atoms with Gasteiger partial charge in [0.25, 0.3) is 0 Å². The molecular weight excluding hydrogens is 302 g/mol. The molecular formula is C18H19N5O. The van der Waals surface area contributed by atoms with Gasteiger partial charge in [0.05, 0.1) is 11.7 Å². The lowest BCUT2D eigenvalue weighted by Gasteiger charge is -2.30. The van der Waals surface area contributed by atoms with Crippen molar-refractivity contribution in [3.05, 3.63) is 59.5 Å². The number of hydrogen-bond donors (Lipinski definition) is 0. The van der Waals surface area contributed by atoms with Crippen LogP contribution in [0, 0.1) is 6.92 Å². The molecule has 2 aromatic heterocycles. The van der Waals surface area contributed by atoms with E-state index in [1.54, 1.807) is 6.33 Å². The lowest BCUT2D eigenvalue weighted by atomic mass is 10.1. The predicted molar refractivity (Wildman–Crippen MR) is 89.0 cm³/mol. The van der Waals surface area contributed by atoms with E-state index < -0.39 is 0 Å². The lowest BCUT2D eigenvalue weighted by molar-refractivity contribution is 0.164. The fraction of sp³-hybridized carbons (Fsp3) is 0.333. The Kier molecular flexibility index (Phi) is 3.82. The van der Waals surface area contributed by atoms with Crippen LogP contribution < -0.4 is 0 Å². The topological polar surface area (TPSA) is 67.9 Å². The molecule has 6 nitrogen and oxygen atoms in total. The Balaban J connectivity index is 1.53. The first-order chi connectivity index (χ1) is 11.7. The summed E-state index contributed by atoms with van der Waals surface area (Å²) in [7, 11) is 0. The third-order valence-electron chi connectivity index (χ3n) is 4.55. The van der Waals surface area contributed by atoms with E-state index >= 15 is 0 Å². The van der Waals surface area contributed by atoms with Crippen LogP contribution in [-0.2, 0) is 13.0 Å². The summed E-state index contributed by atoms with van der Waals surface area (Å²) < 4.78 is 5.92. The molecule has 1 aliphatic heterocycles. The Morgan fingerprint density at radius 1 is 1.17 bits per heavy atom. The molecule has 0 fully saturated rings. The SMILES string of the molecule is Cc1ccc(-c2nnc([C@H](C)N3CCc4cncnc4C3)o2)cc1. The molecule has 0 bridgehead atoms. The maximum absolute atomic E-state index is 5.92. The summed E-state index contributed by atoms with van der Waals surface area (Å²) >= 11 is 0. The third kappa shape index (κ3) is 2.80. The molecule has 0 spiro atoms. The second-order valence-electron chi connectivity index (χ2n) is 6.20. The quantitative estimate of drug-likeness (QED) is 0.739. The zero-order valence-corrected chi connectivity index (χ0v) is 13.8. The number of rotatable bonds is 3. The summed E-state index contributed by atoms with van der Waals surface area (Å²) in [4.78, 5) is 10.8. The van der Waals surface area contributed by atoms with Gasteiger partial charge < -0.3 is 4.42 Å². The highest BCUT2D eigenvalue weighted by Gasteiger charge is 2.26. The minimum absolute atomic E-state index is 0.0554. The van der Waals surface area contributed by atoms with E-state index in [1.165, 1.54) is 11.1 Å². The molecule has 0 aliphatic carbocycles. The minimum atomic E-state index is 0.0554. The molecule has 24 heavy (non-hydrogen) atoms. The zero-order valence-electron chi connectivity index (χ0n) is 13.8. The highest BCUT2D eigenvalue weighted by molar-refractivity contribution is 5.52. The van der Waals surface area contributed by atoms with Gasteiger partial charge in [-0.25, -0.2) is 9.97 Å². The molecule has 3 heterocycles. The van der Waals surface area contributed by atoms with Gasteiger partial charge in [0.15, 0.2) is 0 Å². The molecule has 0 radical (unpaired) electrons. The minimum Gasteiger partial charge on any atom is -0.419 e. The number of nitrogens with zero attached hydrogens (tertiary/aromatic N) is 5. The maximum Gasteiger partial charge on any atom is 0.247 e. The van der Waals surface area contributed by atoms with E-state index in [-0.39, 0.29) is 6.04 Å². The molecule has 4 rings (SSSR count). The second-order valence-corrected chi connectivity index (χ2v) is 6.20. The van der Waals surface area contributed by atoms with Crippen molar-refractivity contribution in [2.45, 2.75) is 32.9 Å². The molecule has 1 aromatic carbocycles. The fourth-order valence-corrected chi connectivity index (χ4v) is 2.97. The summed E-state index contributed by atoms with van der Waals surface area (Å²) in [6.45, 7) is 5.87. The van der Waals surface area contributed by atoms with Crippen molar-refractivity contribution in [2.24, 2.45) is 0 Å². The average Bonchev–Trinajstić information content (AvgIpc) is 3.11. The molecule has 1 aliphatic rings. The molecule has 0 saturated heterocycles. The van der Waals surface area contributed by atoms with Crippen molar-refractivity contribution in [1.82, 2.24) is 25.1 Å². The molecule has 6 heteroatoms. The molecule has 0 N–H and O–H groups in total. The van der Waals surface area contributed by atoms with Gasteiger partial charge >= 0.3 is 0 Å². The number of fused-ring (bicyclic) bond motifs is 1. The Hall–Kier alpha value is -2.60. The van der Waals surface area contributed by atoms with E-state index in [2.05, 4.69) is 38.9 Å². The van der Waals surface area contributed by atoms with Gasteiger partial charge in [-0.1, -0.05) is 17.7 Å². The first-order valence-electron chi connectivity index (χ1n) is 8.13. The van der Waals surface area contributed by atoms with Crippen molar-refractivity contribution >= 4 is 0 Å². The van der Waals surface area contributed by atoms with Crippen molar-refractivity contribution in [2.75, 3.05) is 6.54 Å². The van der Waals surface area contributed by atoms with Crippen molar-refractivity contribution < 1.29 is 4.42 Å². The highest BCUT2D eigenvalue weighted by Crippen LogP contribution is 2.27. The van der Waals surface area contributed by atoms with Crippen molar-refractivity contribution in [3.8, 4) is 11.5 Å². The summed E-state index contributed by atoms with van der Waals surface area (Å²) in [5, 5.41) is 8.46. The normalized spacial score (nSPS) is 15.9. The van der Waals surface area contributed by atoms with E-state index in [9.17, 15) is 0 Å². The molecule has 0 amide bonds. The van der Waals surface area contributed by atoms with Crippen LogP contribution in [0.25, 0.3) is 11.5 Å². The van der Waals surface area contributed by atoms with Gasteiger partial charge in [-0.15, -0.1) is 10.2 Å². The van der Waals surface area contributed by atoms with Crippen LogP contribution in [0.4, 0.5) is 0 Å². The Morgan fingerprint density at radius 3 is 2.83 bits per heavy atom. The lowest BCUT2D eigenvalue weighted by Crippen LogP contribution is -2.33. The van der Waals surface area contributed by atoms with Crippen LogP contribution in [0.15, 0.2) is 41.2 Å². The Labute approximate surface area is 140 Å². The van der Waals surface area contributed by atoms with E-state index in [1.807, 2.05) is 30.5 Å². The zero-order chi connectivity index (χ0) is 16.5. The number of aromatic nitrogens is 4. The van der Waals surface area contributed by atoms with Crippen LogP contribution in [0.2, 0.25) is 0 Å². The first kappa shape index (κ1) is 15.0. The monoisotopic (exact) mass is 321 g/mol. The fourth-order valence-electron chi connectivity index (χ4n) is 2.97. The van der Waals surface area contributed by atoms with Gasteiger partial charge in [-0.05, 0) is 38.0 Å². The van der Waals surface area contributed by atoms with Gasteiger partial charge in [-0.3, -0.25) is 4.90 Å². The molecule has 122 valence electrons. The summed E-state index contributed by atoms with van der Waals surface area (Å²) in [5.41, 5.74) is 4.47. The molecule has 3 aromatic rings. The second kappa shape index (κ2) is 6.13. The number of benzene rings is 1. The third-order valence-corrected chi connectivity index (χ3v) is 4.55.